The third-order valence-corrected chi connectivity index (χ3v) is 4.55. The average Bonchev–Trinajstić information content (AvgIpc) is 3.22. The van der Waals surface area contributed by atoms with Gasteiger partial charge in [0.05, 0.1) is 18.1 Å². The van der Waals surface area contributed by atoms with Gasteiger partial charge in [-0.05, 0) is 37.3 Å². The van der Waals surface area contributed by atoms with Crippen LogP contribution in [0.5, 0.6) is 11.5 Å². The fourth-order valence-electron chi connectivity index (χ4n) is 2.98. The summed E-state index contributed by atoms with van der Waals surface area (Å²) in [5.74, 6) is 0.893. The van der Waals surface area contributed by atoms with E-state index in [9.17, 15) is 9.59 Å². The Morgan fingerprint density at radius 1 is 1.13 bits per heavy atom. The Morgan fingerprint density at radius 3 is 2.71 bits per heavy atom. The number of aromatic nitrogens is 5. The molecule has 0 aliphatic rings. The molecule has 156 valence electrons. The lowest BCUT2D eigenvalue weighted by Crippen LogP contribution is -2.28. The van der Waals surface area contributed by atoms with E-state index in [0.29, 0.717) is 23.9 Å². The second-order valence-electron chi connectivity index (χ2n) is 6.73. The van der Waals surface area contributed by atoms with E-state index in [4.69, 9.17) is 4.74 Å². The molecule has 4 aromatic rings. The fourth-order valence-corrected chi connectivity index (χ4v) is 2.98. The van der Waals surface area contributed by atoms with Gasteiger partial charge in [-0.15, -0.1) is 0 Å². The number of nitrogens with zero attached hydrogens (tertiary/aromatic N) is 5. The van der Waals surface area contributed by atoms with E-state index in [1.807, 2.05) is 20.2 Å². The lowest BCUT2D eigenvalue weighted by Gasteiger charge is -2.09. The molecule has 0 aromatic carbocycles. The van der Waals surface area contributed by atoms with Crippen LogP contribution in [0.15, 0.2) is 72.2 Å². The molecule has 0 unspecified atom stereocenters. The van der Waals surface area contributed by atoms with Crippen LogP contribution in [0, 0.1) is 0 Å². The predicted molar refractivity (Wildman–Crippen MR) is 115 cm³/mol. The Morgan fingerprint density at radius 2 is 2.00 bits per heavy atom. The van der Waals surface area contributed by atoms with Gasteiger partial charge in [0.1, 0.15) is 22.9 Å². The number of rotatable bonds is 6. The minimum atomic E-state index is -0.510. The molecular formula is C22H20N6O3. The van der Waals surface area contributed by atoms with E-state index < -0.39 is 5.91 Å². The largest absolute Gasteiger partial charge is 0.456 e. The summed E-state index contributed by atoms with van der Waals surface area (Å²) in [5.41, 5.74) is 1.34. The molecule has 4 heterocycles. The van der Waals surface area contributed by atoms with Crippen molar-refractivity contribution in [3.8, 4) is 22.8 Å². The van der Waals surface area contributed by atoms with Crippen LogP contribution in [0.25, 0.3) is 11.3 Å². The zero-order chi connectivity index (χ0) is 21.8. The maximum atomic E-state index is 12.4. The topological polar surface area (TPSA) is 104 Å². The van der Waals surface area contributed by atoms with Gasteiger partial charge in [-0.3, -0.25) is 19.3 Å². The standard InChI is InChI=1S/C22H20N6O3/c1-3-28-10-4-5-18(22(28)30)21(29)26-20-7-6-17(13-24-20)31-16-8-9-23-19(11-16)15-12-25-27(2)14-15/h4-14H,3H2,1-2H3,(H,24,26,29). The number of nitrogens with one attached hydrogen (secondary N) is 1. The van der Waals surface area contributed by atoms with Gasteiger partial charge in [0.15, 0.2) is 0 Å². The van der Waals surface area contributed by atoms with Crippen molar-refractivity contribution in [1.82, 2.24) is 24.3 Å². The first-order valence-corrected chi connectivity index (χ1v) is 9.63. The van der Waals surface area contributed by atoms with E-state index in [0.717, 1.165) is 11.3 Å². The lowest BCUT2D eigenvalue weighted by molar-refractivity contribution is 0.102. The Labute approximate surface area is 178 Å². The minimum Gasteiger partial charge on any atom is -0.456 e. The van der Waals surface area contributed by atoms with E-state index in [1.165, 1.54) is 16.8 Å². The summed E-state index contributed by atoms with van der Waals surface area (Å²) in [4.78, 5) is 33.3. The van der Waals surface area contributed by atoms with Gasteiger partial charge in [0.25, 0.3) is 11.5 Å². The maximum Gasteiger partial charge on any atom is 0.263 e. The average molecular weight is 416 g/mol. The van der Waals surface area contributed by atoms with Crippen LogP contribution < -0.4 is 15.6 Å². The number of carbonyl (C=O) groups excluding carboxylic acids is 1. The quantitative estimate of drug-likeness (QED) is 0.518. The molecule has 0 atom stereocenters. The van der Waals surface area contributed by atoms with Gasteiger partial charge < -0.3 is 14.6 Å². The molecule has 31 heavy (non-hydrogen) atoms. The zero-order valence-electron chi connectivity index (χ0n) is 17.0. The molecule has 4 aromatic heterocycles. The van der Waals surface area contributed by atoms with Crippen molar-refractivity contribution in [3.63, 3.8) is 0 Å². The van der Waals surface area contributed by atoms with E-state index in [2.05, 4.69) is 20.4 Å². The highest BCUT2D eigenvalue weighted by atomic mass is 16.5. The molecule has 1 N–H and O–H groups in total. The highest BCUT2D eigenvalue weighted by Gasteiger charge is 2.13. The summed E-state index contributed by atoms with van der Waals surface area (Å²) < 4.78 is 9.01. The van der Waals surface area contributed by atoms with Crippen LogP contribution in [-0.4, -0.2) is 30.2 Å². The number of aryl methyl sites for hydroxylation is 2. The highest BCUT2D eigenvalue weighted by Crippen LogP contribution is 2.25. The van der Waals surface area contributed by atoms with E-state index >= 15 is 0 Å². The van der Waals surface area contributed by atoms with Crippen molar-refractivity contribution in [1.29, 1.82) is 0 Å². The normalized spacial score (nSPS) is 10.6. The number of pyridine rings is 3. The summed E-state index contributed by atoms with van der Waals surface area (Å²) >= 11 is 0. The number of anilines is 1. The molecular weight excluding hydrogens is 396 g/mol. The number of carbonyl (C=O) groups is 1. The van der Waals surface area contributed by atoms with Crippen molar-refractivity contribution >= 4 is 11.7 Å². The Kier molecular flexibility index (Phi) is 5.57. The number of hydrogen-bond donors (Lipinski definition) is 1. The zero-order valence-corrected chi connectivity index (χ0v) is 17.0. The maximum absolute atomic E-state index is 12.4. The molecule has 4 rings (SSSR count). The monoisotopic (exact) mass is 416 g/mol. The third-order valence-electron chi connectivity index (χ3n) is 4.55. The summed E-state index contributed by atoms with van der Waals surface area (Å²) in [6.07, 6.45) is 8.39. The van der Waals surface area contributed by atoms with Gasteiger partial charge in [-0.25, -0.2) is 4.98 Å². The number of amides is 1. The molecule has 9 heteroatoms. The van der Waals surface area contributed by atoms with Crippen LogP contribution in [0.1, 0.15) is 17.3 Å². The summed E-state index contributed by atoms with van der Waals surface area (Å²) in [5, 5.41) is 6.78. The van der Waals surface area contributed by atoms with Gasteiger partial charge in [-0.2, -0.15) is 5.10 Å². The Balaban J connectivity index is 1.45. The Hall–Kier alpha value is -4.27. The van der Waals surface area contributed by atoms with Gasteiger partial charge >= 0.3 is 0 Å². The van der Waals surface area contributed by atoms with Crippen molar-refractivity contribution in [2.45, 2.75) is 13.5 Å². The van der Waals surface area contributed by atoms with Crippen LogP contribution >= 0.6 is 0 Å². The summed E-state index contributed by atoms with van der Waals surface area (Å²) in [6.45, 7) is 2.33. The summed E-state index contributed by atoms with van der Waals surface area (Å²) in [7, 11) is 1.84. The molecule has 9 nitrogen and oxygen atoms in total. The van der Waals surface area contributed by atoms with Crippen LogP contribution in [0.3, 0.4) is 0 Å². The van der Waals surface area contributed by atoms with Crippen LogP contribution in [0.2, 0.25) is 0 Å². The van der Waals surface area contributed by atoms with Gasteiger partial charge in [0.2, 0.25) is 0 Å². The molecule has 0 radical (unpaired) electrons. The second kappa shape index (κ2) is 8.62. The van der Waals surface area contributed by atoms with Crippen molar-refractivity contribution in [2.24, 2.45) is 7.05 Å². The number of ether oxygens (including phenoxy) is 1. The van der Waals surface area contributed by atoms with Crippen molar-refractivity contribution < 1.29 is 9.53 Å². The van der Waals surface area contributed by atoms with E-state index in [1.54, 1.807) is 53.6 Å². The first-order chi connectivity index (χ1) is 15.0. The fraction of sp³-hybridized carbons (Fsp3) is 0.136. The number of hydrogen-bond acceptors (Lipinski definition) is 6. The van der Waals surface area contributed by atoms with Crippen molar-refractivity contribution in [3.05, 3.63) is 83.3 Å². The van der Waals surface area contributed by atoms with Crippen LogP contribution in [0.4, 0.5) is 5.82 Å². The molecule has 0 spiro atoms. The molecule has 0 saturated heterocycles. The smallest absolute Gasteiger partial charge is 0.263 e. The second-order valence-corrected chi connectivity index (χ2v) is 6.73. The molecule has 0 fully saturated rings. The first kappa shape index (κ1) is 20.0. The van der Waals surface area contributed by atoms with Gasteiger partial charge in [-0.1, -0.05) is 0 Å². The minimum absolute atomic E-state index is 0.0613. The third kappa shape index (κ3) is 4.50. The molecule has 1 amide bonds. The summed E-state index contributed by atoms with van der Waals surface area (Å²) in [6, 6.07) is 9.99. The highest BCUT2D eigenvalue weighted by molar-refractivity contribution is 6.03. The van der Waals surface area contributed by atoms with Crippen molar-refractivity contribution in [2.75, 3.05) is 5.32 Å². The molecule has 0 bridgehead atoms. The molecule has 0 saturated carbocycles. The first-order valence-electron chi connectivity index (χ1n) is 9.63. The van der Waals surface area contributed by atoms with Crippen LogP contribution in [-0.2, 0) is 13.6 Å². The molecule has 0 aliphatic heterocycles. The Bertz CT molecular complexity index is 1280. The van der Waals surface area contributed by atoms with Gasteiger partial charge in [0, 0.05) is 43.8 Å². The predicted octanol–water partition coefficient (Wildman–Crippen LogP) is 3.10. The lowest BCUT2D eigenvalue weighted by atomic mass is 10.2. The molecule has 0 aliphatic carbocycles. The van der Waals surface area contributed by atoms with E-state index in [-0.39, 0.29) is 11.1 Å². The SMILES string of the molecule is CCn1cccc(C(=O)Nc2ccc(Oc3ccnc(-c4cnn(C)c4)c3)cn2)c1=O.